The van der Waals surface area contributed by atoms with Gasteiger partial charge in [0.15, 0.2) is 0 Å². The van der Waals surface area contributed by atoms with Crippen LogP contribution in [0.5, 0.6) is 0 Å². The molecule has 2 saturated heterocycles. The van der Waals surface area contributed by atoms with E-state index in [4.69, 9.17) is 9.47 Å². The van der Waals surface area contributed by atoms with Crippen LogP contribution in [0.25, 0.3) is 0 Å². The third kappa shape index (κ3) is 9.05. The van der Waals surface area contributed by atoms with Gasteiger partial charge in [0.1, 0.15) is 35.1 Å². The van der Waals surface area contributed by atoms with E-state index in [-0.39, 0.29) is 47.8 Å². The van der Waals surface area contributed by atoms with Crippen molar-refractivity contribution >= 4 is 24.0 Å². The molecule has 0 spiro atoms. The van der Waals surface area contributed by atoms with Crippen molar-refractivity contribution in [1.82, 2.24) is 40.4 Å². The van der Waals surface area contributed by atoms with E-state index >= 15 is 0 Å². The van der Waals surface area contributed by atoms with Gasteiger partial charge in [0.05, 0.1) is 38.7 Å². The zero-order valence-corrected chi connectivity index (χ0v) is 32.1. The van der Waals surface area contributed by atoms with E-state index in [0.29, 0.717) is 23.0 Å². The number of carbonyl (C=O) groups is 4. The molecule has 0 saturated carbocycles. The summed E-state index contributed by atoms with van der Waals surface area (Å²) in [4.78, 5) is 70.5. The van der Waals surface area contributed by atoms with Crippen LogP contribution in [0.3, 0.4) is 0 Å². The van der Waals surface area contributed by atoms with E-state index in [1.807, 2.05) is 65.8 Å². The number of likely N-dealkylation sites (tertiary alicyclic amines) is 2. The van der Waals surface area contributed by atoms with Gasteiger partial charge in [-0.3, -0.25) is 9.59 Å². The number of aromatic amines is 2. The number of H-pyrrole nitrogens is 2. The van der Waals surface area contributed by atoms with Crippen molar-refractivity contribution in [3.63, 3.8) is 0 Å². The molecule has 4 N–H and O–H groups in total. The minimum atomic E-state index is -0.717. The molecule has 14 heteroatoms. The second-order valence-corrected chi connectivity index (χ2v) is 14.5. The summed E-state index contributed by atoms with van der Waals surface area (Å²) in [5.74, 6) is 13.3. The number of amides is 4. The van der Waals surface area contributed by atoms with Gasteiger partial charge in [-0.25, -0.2) is 19.6 Å². The molecule has 4 amide bonds. The normalized spacial score (nSPS) is 20.4. The van der Waals surface area contributed by atoms with Gasteiger partial charge < -0.3 is 39.9 Å². The summed E-state index contributed by atoms with van der Waals surface area (Å²) in [5.41, 5.74) is 2.84. The summed E-state index contributed by atoms with van der Waals surface area (Å²) >= 11 is 0. The number of nitrogens with zero attached hydrogens (tertiary/aromatic N) is 4. The molecule has 2 fully saturated rings. The Balaban J connectivity index is 1.23. The maximum absolute atomic E-state index is 13.6. The van der Waals surface area contributed by atoms with E-state index < -0.39 is 24.3 Å². The lowest BCUT2D eigenvalue weighted by Crippen LogP contribution is -2.52. The van der Waals surface area contributed by atoms with Crippen LogP contribution in [-0.2, 0) is 19.1 Å². The number of imidazole rings is 2. The highest BCUT2D eigenvalue weighted by molar-refractivity contribution is 5.87. The Morgan fingerprint density at radius 1 is 0.667 bits per heavy atom. The molecule has 0 aliphatic carbocycles. The summed E-state index contributed by atoms with van der Waals surface area (Å²) < 4.78 is 9.50. The first-order valence-corrected chi connectivity index (χ1v) is 18.4. The molecular formula is C40H50N8O6. The largest absolute Gasteiger partial charge is 0.453 e. The highest BCUT2D eigenvalue weighted by atomic mass is 16.5. The van der Waals surface area contributed by atoms with Crippen LogP contribution in [0, 0.1) is 35.5 Å². The lowest BCUT2D eigenvalue weighted by atomic mass is 10.0. The summed E-state index contributed by atoms with van der Waals surface area (Å²) in [7, 11) is 2.56. The average molecular weight is 739 g/mol. The fraction of sp³-hybridized carbons (Fsp3) is 0.500. The predicted molar refractivity (Wildman–Crippen MR) is 200 cm³/mol. The quantitative estimate of drug-likeness (QED) is 0.239. The van der Waals surface area contributed by atoms with Crippen LogP contribution in [0.4, 0.5) is 9.59 Å². The minimum absolute atomic E-state index is 0.0160. The zero-order chi connectivity index (χ0) is 39.1. The molecule has 1 aromatic carbocycles. The second kappa shape index (κ2) is 17.4. The fourth-order valence-corrected chi connectivity index (χ4v) is 7.02. The number of methoxy groups -OCH3 is 2. The van der Waals surface area contributed by atoms with Gasteiger partial charge >= 0.3 is 12.2 Å². The van der Waals surface area contributed by atoms with Crippen molar-refractivity contribution in [3.8, 4) is 23.7 Å². The van der Waals surface area contributed by atoms with Crippen molar-refractivity contribution in [1.29, 1.82) is 0 Å². The van der Waals surface area contributed by atoms with Gasteiger partial charge in [0.2, 0.25) is 11.8 Å². The summed E-state index contributed by atoms with van der Waals surface area (Å²) in [6.07, 6.45) is 5.17. The van der Waals surface area contributed by atoms with Crippen LogP contribution < -0.4 is 10.6 Å². The zero-order valence-electron chi connectivity index (χ0n) is 32.1. The molecule has 6 atom stereocenters. The van der Waals surface area contributed by atoms with Crippen molar-refractivity contribution in [2.24, 2.45) is 11.8 Å². The molecule has 5 rings (SSSR count). The van der Waals surface area contributed by atoms with E-state index in [2.05, 4.69) is 54.3 Å². The van der Waals surface area contributed by atoms with E-state index in [1.54, 1.807) is 22.2 Å². The molecule has 286 valence electrons. The van der Waals surface area contributed by atoms with Crippen molar-refractivity contribution in [2.75, 3.05) is 14.2 Å². The van der Waals surface area contributed by atoms with Gasteiger partial charge in [0, 0.05) is 23.2 Å². The number of nitrogens with one attached hydrogen (secondary N) is 4. The maximum Gasteiger partial charge on any atom is 0.407 e. The first-order chi connectivity index (χ1) is 25.8. The molecule has 6 unspecified atom stereocenters. The van der Waals surface area contributed by atoms with E-state index in [9.17, 15) is 19.2 Å². The summed E-state index contributed by atoms with van der Waals surface area (Å²) in [6.45, 7) is 11.6. The fourth-order valence-electron chi connectivity index (χ4n) is 7.02. The number of aromatic nitrogens is 4. The second-order valence-electron chi connectivity index (χ2n) is 14.5. The minimum Gasteiger partial charge on any atom is -0.453 e. The first kappa shape index (κ1) is 39.4. The van der Waals surface area contributed by atoms with Crippen molar-refractivity contribution < 1.29 is 28.7 Å². The maximum atomic E-state index is 13.6. The number of rotatable bonds is 8. The summed E-state index contributed by atoms with van der Waals surface area (Å²) in [6, 6.07) is 5.58. The Bertz CT molecular complexity index is 1810. The molecule has 0 radical (unpaired) electrons. The highest BCUT2D eigenvalue weighted by Gasteiger charge is 2.42. The number of hydrogen-bond donors (Lipinski definition) is 4. The van der Waals surface area contributed by atoms with Gasteiger partial charge in [-0.05, 0) is 87.5 Å². The van der Waals surface area contributed by atoms with E-state index in [0.717, 1.165) is 36.8 Å². The van der Waals surface area contributed by atoms with Crippen molar-refractivity contribution in [2.45, 2.75) is 103 Å². The molecule has 3 aromatic rings. The Morgan fingerprint density at radius 2 is 1.04 bits per heavy atom. The van der Waals surface area contributed by atoms with Crippen LogP contribution in [0.15, 0.2) is 36.7 Å². The van der Waals surface area contributed by atoms with E-state index in [1.165, 1.54) is 14.2 Å². The Kier molecular flexibility index (Phi) is 12.7. The Labute approximate surface area is 316 Å². The van der Waals surface area contributed by atoms with Gasteiger partial charge in [-0.2, -0.15) is 0 Å². The molecule has 54 heavy (non-hydrogen) atoms. The highest BCUT2D eigenvalue weighted by Crippen LogP contribution is 2.37. The Hall–Kier alpha value is -5.76. The molecule has 2 aliphatic heterocycles. The number of carbonyl (C=O) groups excluding carboxylic acids is 4. The first-order valence-electron chi connectivity index (χ1n) is 18.4. The average Bonchev–Trinajstić information content (AvgIpc) is 3.97. The molecular weight excluding hydrogens is 688 g/mol. The predicted octanol–water partition coefficient (Wildman–Crippen LogP) is 4.80. The number of alkyl carbamates (subject to hydrolysis) is 2. The number of benzene rings is 1. The number of hydrogen-bond acceptors (Lipinski definition) is 8. The topological polar surface area (TPSA) is 175 Å². The van der Waals surface area contributed by atoms with Crippen LogP contribution in [0.2, 0.25) is 0 Å². The molecule has 2 aromatic heterocycles. The number of ether oxygens (including phenoxy) is 2. The van der Waals surface area contributed by atoms with Gasteiger partial charge in [-0.15, -0.1) is 0 Å². The lowest BCUT2D eigenvalue weighted by Gasteiger charge is -2.32. The third-order valence-electron chi connectivity index (χ3n) is 10.0. The lowest BCUT2D eigenvalue weighted by molar-refractivity contribution is -0.138. The molecule has 0 bridgehead atoms. The smallest absolute Gasteiger partial charge is 0.407 e. The SMILES string of the molecule is COC(=O)NC(C(=O)N1C(C)CCC1c1ncc(C#Cc2ccc(C#Cc3cnc(C4CCC(C)N4C(=O)C(NC(=O)OC)C(C)C)[nH]3)cc2)[nH]1)C(C)C. The van der Waals surface area contributed by atoms with Crippen molar-refractivity contribution in [3.05, 3.63) is 70.8 Å². The van der Waals surface area contributed by atoms with Crippen LogP contribution in [0.1, 0.15) is 113 Å². The third-order valence-corrected chi connectivity index (χ3v) is 10.0. The van der Waals surface area contributed by atoms with Crippen LogP contribution >= 0.6 is 0 Å². The van der Waals surface area contributed by atoms with Gasteiger partial charge in [0.25, 0.3) is 0 Å². The standard InChI is InChI=1S/C40H50N8O6/c1-23(2)33(45-39(51)53-7)37(49)47-25(5)9-19-31(47)35-41-21-29(43-35)17-15-27-11-13-28(14-12-27)16-18-30-22-42-36(44-30)32-20-10-26(6)48(32)38(50)34(24(3)4)46-40(52)54-8/h11-14,21-26,31-34H,9-10,19-20H2,1-8H3,(H,41,43)(H,42,44)(H,45,51)(H,46,52). The van der Waals surface area contributed by atoms with Gasteiger partial charge in [-0.1, -0.05) is 39.5 Å². The van der Waals surface area contributed by atoms with Crippen LogP contribution in [-0.4, -0.2) is 92.1 Å². The molecule has 2 aliphatic rings. The summed E-state index contributed by atoms with van der Waals surface area (Å²) in [5, 5.41) is 5.37. The molecule has 4 heterocycles. The molecule has 14 nitrogen and oxygen atoms in total. The monoisotopic (exact) mass is 738 g/mol. The Morgan fingerprint density at radius 3 is 1.37 bits per heavy atom.